The van der Waals surface area contributed by atoms with Crippen molar-refractivity contribution in [2.24, 2.45) is 0 Å². The summed E-state index contributed by atoms with van der Waals surface area (Å²) in [4.78, 5) is 2.30. The number of hydrogen-bond donors (Lipinski definition) is 0. The van der Waals surface area contributed by atoms with Gasteiger partial charge < -0.3 is 4.81 Å². The van der Waals surface area contributed by atoms with Crippen LogP contribution in [0, 0.1) is 11.7 Å². The Morgan fingerprint density at radius 2 is 1.38 bits per heavy atom. The molecule has 0 unspecified atom stereocenters. The first-order valence-electron chi connectivity index (χ1n) is 8.10. The molecule has 0 aliphatic carbocycles. The summed E-state index contributed by atoms with van der Waals surface area (Å²) < 4.78 is 0. The molecule has 24 heavy (non-hydrogen) atoms. The van der Waals surface area contributed by atoms with Crippen LogP contribution in [-0.4, -0.2) is 6.85 Å². The summed E-state index contributed by atoms with van der Waals surface area (Å²) in [7, 11) is 0. The first-order valence-corrected chi connectivity index (χ1v) is 8.10. The van der Waals surface area contributed by atoms with Gasteiger partial charge in [0.15, 0.2) is 0 Å². The van der Waals surface area contributed by atoms with Crippen molar-refractivity contribution in [3.8, 4) is 11.7 Å². The molecule has 0 saturated heterocycles. The first-order chi connectivity index (χ1) is 11.9. The van der Waals surface area contributed by atoms with E-state index >= 15 is 0 Å². The molecule has 1 nitrogen and oxygen atoms in total. The number of hydrogen-bond acceptors (Lipinski definition) is 1. The molecule has 0 bridgehead atoms. The molecule has 4 rings (SSSR count). The lowest BCUT2D eigenvalue weighted by Crippen LogP contribution is -2.35. The van der Waals surface area contributed by atoms with Crippen molar-refractivity contribution in [3.05, 3.63) is 102 Å². The summed E-state index contributed by atoms with van der Waals surface area (Å²) in [5.41, 5.74) is 4.61. The van der Waals surface area contributed by atoms with Gasteiger partial charge >= 0.3 is 6.85 Å². The Morgan fingerprint density at radius 3 is 2.17 bits per heavy atom. The lowest BCUT2D eigenvalue weighted by Gasteiger charge is -2.31. The van der Waals surface area contributed by atoms with Gasteiger partial charge in [-0.3, -0.25) is 0 Å². The molecule has 3 aromatic rings. The molecule has 0 N–H and O–H groups in total. The molecule has 1 aliphatic rings. The average Bonchev–Trinajstić information content (AvgIpc) is 2.67. The molecule has 0 amide bonds. The van der Waals surface area contributed by atoms with E-state index in [1.54, 1.807) is 0 Å². The lowest BCUT2D eigenvalue weighted by molar-refractivity contribution is 1.37. The zero-order valence-electron chi connectivity index (χ0n) is 13.3. The molecule has 0 radical (unpaired) electrons. The minimum Gasteiger partial charge on any atom is -0.370 e. The second kappa shape index (κ2) is 6.52. The Balaban J connectivity index is 1.78. The monoisotopic (exact) mass is 305 g/mol. The Labute approximate surface area is 143 Å². The standard InChI is InChI=1S/C22H16BN/c1-3-9-19(10-4-1)15-17-23-18-16-20-11-7-8-14-22(20)24(23)21-12-5-2-6-13-21/h1-14,16,18H. The van der Waals surface area contributed by atoms with Gasteiger partial charge in [-0.25, -0.2) is 0 Å². The quantitative estimate of drug-likeness (QED) is 0.453. The Bertz CT molecular complexity index is 920. The number of anilines is 2. The van der Waals surface area contributed by atoms with Crippen LogP contribution in [0.5, 0.6) is 0 Å². The Kier molecular flexibility index (Phi) is 3.92. The molecule has 112 valence electrons. The third-order valence-corrected chi connectivity index (χ3v) is 4.11. The van der Waals surface area contributed by atoms with Crippen molar-refractivity contribution < 1.29 is 0 Å². The average molecular weight is 305 g/mol. The van der Waals surface area contributed by atoms with Crippen LogP contribution >= 0.6 is 0 Å². The molecular formula is C22H16BN. The molecule has 0 spiro atoms. The normalized spacial score (nSPS) is 12.3. The van der Waals surface area contributed by atoms with Crippen LogP contribution in [0.4, 0.5) is 11.4 Å². The van der Waals surface area contributed by atoms with Gasteiger partial charge in [-0.1, -0.05) is 72.6 Å². The van der Waals surface area contributed by atoms with E-state index in [2.05, 4.69) is 77.1 Å². The van der Waals surface area contributed by atoms with Gasteiger partial charge in [0.2, 0.25) is 0 Å². The summed E-state index contributed by atoms with van der Waals surface area (Å²) in [6.07, 6.45) is 2.17. The molecule has 0 saturated carbocycles. The largest absolute Gasteiger partial charge is 0.373 e. The van der Waals surface area contributed by atoms with Crippen LogP contribution in [-0.2, 0) is 0 Å². The molecule has 0 aromatic heterocycles. The zero-order chi connectivity index (χ0) is 16.2. The fourth-order valence-corrected chi connectivity index (χ4v) is 2.96. The van der Waals surface area contributed by atoms with Crippen molar-refractivity contribution in [1.82, 2.24) is 0 Å². The highest BCUT2D eigenvalue weighted by molar-refractivity contribution is 6.78. The molecule has 1 aliphatic heterocycles. The highest BCUT2D eigenvalue weighted by atomic mass is 15.1. The van der Waals surface area contributed by atoms with E-state index < -0.39 is 0 Å². The van der Waals surface area contributed by atoms with E-state index in [0.717, 1.165) is 11.3 Å². The fourth-order valence-electron chi connectivity index (χ4n) is 2.96. The minimum atomic E-state index is 0.0162. The minimum absolute atomic E-state index is 0.0162. The predicted octanol–water partition coefficient (Wildman–Crippen LogP) is 4.97. The van der Waals surface area contributed by atoms with E-state index in [-0.39, 0.29) is 6.85 Å². The van der Waals surface area contributed by atoms with Gasteiger partial charge in [0, 0.05) is 16.9 Å². The van der Waals surface area contributed by atoms with E-state index in [0.29, 0.717) is 0 Å². The first kappa shape index (κ1) is 14.4. The highest BCUT2D eigenvalue weighted by Gasteiger charge is 2.26. The third kappa shape index (κ3) is 2.85. The summed E-state index contributed by atoms with van der Waals surface area (Å²) in [5, 5.41) is 0. The van der Waals surface area contributed by atoms with E-state index in [1.807, 2.05) is 36.4 Å². The molecule has 0 fully saturated rings. The van der Waals surface area contributed by atoms with Crippen molar-refractivity contribution in [3.63, 3.8) is 0 Å². The fraction of sp³-hybridized carbons (Fsp3) is 0. The number of rotatable bonds is 1. The summed E-state index contributed by atoms with van der Waals surface area (Å²) in [6.45, 7) is 0.0162. The van der Waals surface area contributed by atoms with Gasteiger partial charge in [-0.05, 0) is 35.9 Å². The number of fused-ring (bicyclic) bond motifs is 1. The Morgan fingerprint density at radius 1 is 0.708 bits per heavy atom. The summed E-state index contributed by atoms with van der Waals surface area (Å²) in [5.74, 6) is 8.89. The second-order valence-corrected chi connectivity index (χ2v) is 5.70. The van der Waals surface area contributed by atoms with E-state index in [9.17, 15) is 0 Å². The molecule has 3 aromatic carbocycles. The van der Waals surface area contributed by atoms with Crippen molar-refractivity contribution in [2.45, 2.75) is 0 Å². The van der Waals surface area contributed by atoms with Crippen molar-refractivity contribution in [1.29, 1.82) is 0 Å². The van der Waals surface area contributed by atoms with Crippen molar-refractivity contribution in [2.75, 3.05) is 4.81 Å². The third-order valence-electron chi connectivity index (χ3n) is 4.11. The van der Waals surface area contributed by atoms with Gasteiger partial charge in [-0.15, -0.1) is 5.82 Å². The molecular weight excluding hydrogens is 289 g/mol. The highest BCUT2D eigenvalue weighted by Crippen LogP contribution is 2.33. The van der Waals surface area contributed by atoms with Crippen molar-refractivity contribution >= 4 is 24.3 Å². The maximum Gasteiger partial charge on any atom is 0.373 e. The van der Waals surface area contributed by atoms with E-state index in [4.69, 9.17) is 0 Å². The van der Waals surface area contributed by atoms with Crippen LogP contribution in [0.25, 0.3) is 6.08 Å². The zero-order valence-corrected chi connectivity index (χ0v) is 13.3. The van der Waals surface area contributed by atoms with Crippen LogP contribution in [0.3, 0.4) is 0 Å². The lowest BCUT2D eigenvalue weighted by atomic mass is 9.58. The smallest absolute Gasteiger partial charge is 0.370 e. The van der Waals surface area contributed by atoms with Gasteiger partial charge in [0.25, 0.3) is 0 Å². The maximum atomic E-state index is 3.42. The number of benzene rings is 3. The van der Waals surface area contributed by atoms with Crippen LogP contribution < -0.4 is 4.81 Å². The summed E-state index contributed by atoms with van der Waals surface area (Å²) in [6, 6.07) is 29.0. The number of para-hydroxylation sites is 2. The van der Waals surface area contributed by atoms with Crippen LogP contribution in [0.1, 0.15) is 11.1 Å². The van der Waals surface area contributed by atoms with Crippen LogP contribution in [0.2, 0.25) is 0 Å². The molecule has 2 heteroatoms. The second-order valence-electron chi connectivity index (χ2n) is 5.70. The van der Waals surface area contributed by atoms with Gasteiger partial charge in [-0.2, -0.15) is 0 Å². The molecule has 1 heterocycles. The number of nitrogens with zero attached hydrogens (tertiary/aromatic N) is 1. The Hall–Kier alpha value is -3.18. The van der Waals surface area contributed by atoms with Crippen LogP contribution in [0.15, 0.2) is 90.9 Å². The maximum absolute atomic E-state index is 3.42. The van der Waals surface area contributed by atoms with Gasteiger partial charge in [0.05, 0.1) is 0 Å². The van der Waals surface area contributed by atoms with E-state index in [1.165, 1.54) is 11.3 Å². The topological polar surface area (TPSA) is 3.24 Å². The SMILES string of the molecule is C(#Cc1ccccc1)B1C=Cc2ccccc2N1c1ccccc1. The van der Waals surface area contributed by atoms with Gasteiger partial charge in [0.1, 0.15) is 0 Å². The molecule has 0 atom stereocenters. The predicted molar refractivity (Wildman–Crippen MR) is 103 cm³/mol. The summed E-state index contributed by atoms with van der Waals surface area (Å²) >= 11 is 0.